The first-order valence-electron chi connectivity index (χ1n) is 6.29. The molecule has 0 atom stereocenters. The first-order valence-corrected chi connectivity index (χ1v) is 6.29. The third kappa shape index (κ3) is 5.97. The Morgan fingerprint density at radius 2 is 1.78 bits per heavy atom. The smallest absolute Gasteiger partial charge is 0.309 e. The average Bonchev–Trinajstić information content (AvgIpc) is 2.28. The lowest BCUT2D eigenvalue weighted by Gasteiger charge is -2.26. The number of hydrogen-bond acceptors (Lipinski definition) is 4. The fraction of sp³-hybridized carbons (Fsp3) is 0.833. The standard InChI is InChI=1S/C12H23N3O3/c1-12(2,3)14-11(17)10(16)13-4-5-15-6-8-18-9-7-15/h4-9H2,1-3H3,(H,13,16)(H,14,17). The highest BCUT2D eigenvalue weighted by molar-refractivity contribution is 6.35. The number of carbonyl (C=O) groups excluding carboxylic acids is 2. The lowest BCUT2D eigenvalue weighted by molar-refractivity contribution is -0.140. The molecule has 1 fully saturated rings. The molecule has 2 N–H and O–H groups in total. The highest BCUT2D eigenvalue weighted by Crippen LogP contribution is 1.98. The van der Waals surface area contributed by atoms with Crippen molar-refractivity contribution in [2.45, 2.75) is 26.3 Å². The molecule has 0 aromatic heterocycles. The molecule has 0 aromatic rings. The van der Waals surface area contributed by atoms with E-state index in [1.165, 1.54) is 0 Å². The molecule has 0 bridgehead atoms. The molecule has 104 valence electrons. The highest BCUT2D eigenvalue weighted by atomic mass is 16.5. The van der Waals surface area contributed by atoms with E-state index in [-0.39, 0.29) is 0 Å². The minimum Gasteiger partial charge on any atom is -0.379 e. The second-order valence-electron chi connectivity index (χ2n) is 5.41. The van der Waals surface area contributed by atoms with E-state index in [2.05, 4.69) is 15.5 Å². The van der Waals surface area contributed by atoms with E-state index in [1.54, 1.807) is 0 Å². The first-order chi connectivity index (χ1) is 8.38. The van der Waals surface area contributed by atoms with Gasteiger partial charge in [-0.15, -0.1) is 0 Å². The molecule has 0 spiro atoms. The highest BCUT2D eigenvalue weighted by Gasteiger charge is 2.20. The van der Waals surface area contributed by atoms with Gasteiger partial charge in [-0.2, -0.15) is 0 Å². The van der Waals surface area contributed by atoms with Gasteiger partial charge >= 0.3 is 11.8 Å². The van der Waals surface area contributed by atoms with Gasteiger partial charge in [0.15, 0.2) is 0 Å². The summed E-state index contributed by atoms with van der Waals surface area (Å²) in [5, 5.41) is 5.24. The minimum atomic E-state index is -0.579. The fourth-order valence-electron chi connectivity index (χ4n) is 1.63. The molecule has 6 heteroatoms. The number of nitrogens with one attached hydrogen (secondary N) is 2. The monoisotopic (exact) mass is 257 g/mol. The lowest BCUT2D eigenvalue weighted by atomic mass is 10.1. The SMILES string of the molecule is CC(C)(C)NC(=O)C(=O)NCCN1CCOCC1. The Morgan fingerprint density at radius 3 is 2.33 bits per heavy atom. The van der Waals surface area contributed by atoms with Crippen LogP contribution in [0.5, 0.6) is 0 Å². The van der Waals surface area contributed by atoms with Gasteiger partial charge in [0.2, 0.25) is 0 Å². The molecule has 2 amide bonds. The molecule has 6 nitrogen and oxygen atoms in total. The Hall–Kier alpha value is -1.14. The summed E-state index contributed by atoms with van der Waals surface area (Å²) in [6.45, 7) is 9.98. The zero-order chi connectivity index (χ0) is 13.6. The van der Waals surface area contributed by atoms with Crippen LogP contribution in [0, 0.1) is 0 Å². The summed E-state index contributed by atoms with van der Waals surface area (Å²) in [6.07, 6.45) is 0. The second-order valence-corrected chi connectivity index (χ2v) is 5.41. The van der Waals surface area contributed by atoms with Crippen LogP contribution in [-0.2, 0) is 14.3 Å². The molecule has 0 aliphatic carbocycles. The summed E-state index contributed by atoms with van der Waals surface area (Å²) < 4.78 is 5.23. The predicted molar refractivity (Wildman–Crippen MR) is 68.2 cm³/mol. The van der Waals surface area contributed by atoms with Crippen LogP contribution in [0.15, 0.2) is 0 Å². The summed E-state index contributed by atoms with van der Waals surface area (Å²) in [5.74, 6) is -1.15. The topological polar surface area (TPSA) is 70.7 Å². The Labute approximate surface area is 108 Å². The lowest BCUT2D eigenvalue weighted by Crippen LogP contribution is -2.49. The normalized spacial score (nSPS) is 17.3. The van der Waals surface area contributed by atoms with Gasteiger partial charge in [0.05, 0.1) is 13.2 Å². The van der Waals surface area contributed by atoms with Crippen LogP contribution in [0.4, 0.5) is 0 Å². The Bertz CT molecular complexity index is 293. The van der Waals surface area contributed by atoms with E-state index in [0.29, 0.717) is 6.54 Å². The summed E-state index contributed by atoms with van der Waals surface area (Å²) in [5.41, 5.74) is -0.390. The number of nitrogens with zero attached hydrogens (tertiary/aromatic N) is 1. The summed E-state index contributed by atoms with van der Waals surface area (Å²) >= 11 is 0. The van der Waals surface area contributed by atoms with E-state index in [9.17, 15) is 9.59 Å². The predicted octanol–water partition coefficient (Wildman–Crippen LogP) is -0.650. The van der Waals surface area contributed by atoms with Crippen LogP contribution in [-0.4, -0.2) is 61.6 Å². The number of ether oxygens (including phenoxy) is 1. The fourth-order valence-corrected chi connectivity index (χ4v) is 1.63. The largest absolute Gasteiger partial charge is 0.379 e. The van der Waals surface area contributed by atoms with Crippen LogP contribution in [0.25, 0.3) is 0 Å². The van der Waals surface area contributed by atoms with Crippen molar-refractivity contribution in [3.05, 3.63) is 0 Å². The number of hydrogen-bond donors (Lipinski definition) is 2. The van der Waals surface area contributed by atoms with Crippen LogP contribution in [0.1, 0.15) is 20.8 Å². The summed E-state index contributed by atoms with van der Waals surface area (Å²) in [6, 6.07) is 0. The van der Waals surface area contributed by atoms with Crippen LogP contribution < -0.4 is 10.6 Å². The van der Waals surface area contributed by atoms with E-state index < -0.39 is 17.4 Å². The van der Waals surface area contributed by atoms with E-state index >= 15 is 0 Å². The van der Waals surface area contributed by atoms with Crippen LogP contribution >= 0.6 is 0 Å². The third-order valence-corrected chi connectivity index (χ3v) is 2.51. The number of rotatable bonds is 3. The molecule has 0 radical (unpaired) electrons. The molecule has 1 aliphatic rings. The van der Waals surface area contributed by atoms with Gasteiger partial charge in [-0.3, -0.25) is 14.5 Å². The maximum atomic E-state index is 11.5. The molecule has 0 unspecified atom stereocenters. The van der Waals surface area contributed by atoms with Crippen molar-refractivity contribution in [1.82, 2.24) is 15.5 Å². The Kier molecular flexibility index (Phi) is 5.55. The van der Waals surface area contributed by atoms with Gasteiger partial charge in [0.25, 0.3) is 0 Å². The third-order valence-electron chi connectivity index (χ3n) is 2.51. The second kappa shape index (κ2) is 6.70. The van der Waals surface area contributed by atoms with Crippen molar-refractivity contribution in [3.63, 3.8) is 0 Å². The van der Waals surface area contributed by atoms with Crippen molar-refractivity contribution in [1.29, 1.82) is 0 Å². The van der Waals surface area contributed by atoms with Gasteiger partial charge < -0.3 is 15.4 Å². The Morgan fingerprint density at radius 1 is 1.17 bits per heavy atom. The van der Waals surface area contributed by atoms with Gasteiger partial charge in [-0.05, 0) is 20.8 Å². The molecule has 1 aliphatic heterocycles. The van der Waals surface area contributed by atoms with Gasteiger partial charge in [0.1, 0.15) is 0 Å². The molecular formula is C12H23N3O3. The molecule has 1 saturated heterocycles. The maximum Gasteiger partial charge on any atom is 0.309 e. The van der Waals surface area contributed by atoms with Gasteiger partial charge in [-0.25, -0.2) is 0 Å². The van der Waals surface area contributed by atoms with Crippen LogP contribution in [0.2, 0.25) is 0 Å². The molecule has 0 aromatic carbocycles. The summed E-state index contributed by atoms with van der Waals surface area (Å²) in [7, 11) is 0. The van der Waals surface area contributed by atoms with Crippen LogP contribution in [0.3, 0.4) is 0 Å². The molecular weight excluding hydrogens is 234 g/mol. The van der Waals surface area contributed by atoms with Crippen molar-refractivity contribution < 1.29 is 14.3 Å². The molecule has 18 heavy (non-hydrogen) atoms. The van der Waals surface area contributed by atoms with Crippen molar-refractivity contribution in [3.8, 4) is 0 Å². The van der Waals surface area contributed by atoms with E-state index in [1.807, 2.05) is 20.8 Å². The van der Waals surface area contributed by atoms with E-state index in [4.69, 9.17) is 4.74 Å². The number of amides is 2. The molecule has 1 rings (SSSR count). The first kappa shape index (κ1) is 14.9. The van der Waals surface area contributed by atoms with Crippen molar-refractivity contribution >= 4 is 11.8 Å². The number of morpholine rings is 1. The quantitative estimate of drug-likeness (QED) is 0.659. The maximum absolute atomic E-state index is 11.5. The van der Waals surface area contributed by atoms with Crippen molar-refractivity contribution in [2.24, 2.45) is 0 Å². The minimum absolute atomic E-state index is 0.390. The Balaban J connectivity index is 2.18. The van der Waals surface area contributed by atoms with Gasteiger partial charge in [-0.1, -0.05) is 0 Å². The van der Waals surface area contributed by atoms with Crippen molar-refractivity contribution in [2.75, 3.05) is 39.4 Å². The van der Waals surface area contributed by atoms with Gasteiger partial charge in [0, 0.05) is 31.7 Å². The summed E-state index contributed by atoms with van der Waals surface area (Å²) in [4.78, 5) is 25.2. The zero-order valence-corrected chi connectivity index (χ0v) is 11.4. The molecule has 1 heterocycles. The number of carbonyl (C=O) groups is 2. The average molecular weight is 257 g/mol. The van der Waals surface area contributed by atoms with E-state index in [0.717, 1.165) is 32.8 Å². The zero-order valence-electron chi connectivity index (χ0n) is 11.4. The molecule has 0 saturated carbocycles.